The molecular formula is C21H41N3O3S. The van der Waals surface area contributed by atoms with Crippen molar-refractivity contribution in [2.75, 3.05) is 47.3 Å². The normalized spacial score (nSPS) is 15.5. The van der Waals surface area contributed by atoms with Crippen molar-refractivity contribution in [3.8, 4) is 0 Å². The largest absolute Gasteiger partial charge is 0.404 e. The molecule has 1 aliphatic heterocycles. The summed E-state index contributed by atoms with van der Waals surface area (Å²) in [7, 11) is 5.61. The Morgan fingerprint density at radius 3 is 2.11 bits per heavy atom. The van der Waals surface area contributed by atoms with Crippen molar-refractivity contribution in [2.45, 2.75) is 33.2 Å². The van der Waals surface area contributed by atoms with Gasteiger partial charge in [-0.2, -0.15) is 0 Å². The Kier molecular flexibility index (Phi) is 26.2. The summed E-state index contributed by atoms with van der Waals surface area (Å²) in [4.78, 5) is 12.1. The summed E-state index contributed by atoms with van der Waals surface area (Å²) in [5, 5.41) is 0. The number of amides is 1. The van der Waals surface area contributed by atoms with E-state index in [0.29, 0.717) is 6.04 Å². The molecule has 1 amide bonds. The number of carbonyl (C=O) groups excluding carboxylic acids is 1. The molecule has 0 radical (unpaired) electrons. The molecule has 0 spiro atoms. The minimum atomic E-state index is 0. The van der Waals surface area contributed by atoms with Crippen molar-refractivity contribution in [1.29, 1.82) is 0 Å². The fraction of sp³-hybridized carbons (Fsp3) is 0.571. The minimum absolute atomic E-state index is 0. The highest BCUT2D eigenvalue weighted by molar-refractivity contribution is 8.07. The SMILES string of the molecule is C.CCOC.COC[C@@H]1CCCN1C.CS/C(=C\N)c1ccccc1.NC=O. The lowest BCUT2D eigenvalue weighted by molar-refractivity contribution is -0.106. The molecule has 0 aromatic heterocycles. The van der Waals surface area contributed by atoms with E-state index in [1.54, 1.807) is 32.2 Å². The van der Waals surface area contributed by atoms with Gasteiger partial charge in [0.2, 0.25) is 6.41 Å². The molecule has 28 heavy (non-hydrogen) atoms. The highest BCUT2D eigenvalue weighted by Gasteiger charge is 2.19. The molecule has 0 bridgehead atoms. The average Bonchev–Trinajstić information content (AvgIpc) is 3.10. The van der Waals surface area contributed by atoms with Gasteiger partial charge in [0.05, 0.1) is 6.61 Å². The Balaban J connectivity index is -0.000000331. The van der Waals surface area contributed by atoms with E-state index < -0.39 is 0 Å². The summed E-state index contributed by atoms with van der Waals surface area (Å²) in [6, 6.07) is 10.8. The van der Waals surface area contributed by atoms with Crippen LogP contribution in [0.4, 0.5) is 0 Å². The Bertz CT molecular complexity index is 471. The van der Waals surface area contributed by atoms with Crippen LogP contribution in [0.3, 0.4) is 0 Å². The van der Waals surface area contributed by atoms with Gasteiger partial charge in [0.15, 0.2) is 0 Å². The third-order valence-electron chi connectivity index (χ3n) is 3.75. The third-order valence-corrected chi connectivity index (χ3v) is 4.56. The van der Waals surface area contributed by atoms with Gasteiger partial charge in [-0.15, -0.1) is 11.8 Å². The zero-order chi connectivity index (χ0) is 20.9. The number of nitrogens with two attached hydrogens (primary N) is 2. The zero-order valence-corrected chi connectivity index (χ0v) is 18.2. The number of carbonyl (C=O) groups is 1. The van der Waals surface area contributed by atoms with Gasteiger partial charge < -0.3 is 25.8 Å². The summed E-state index contributed by atoms with van der Waals surface area (Å²) in [5.41, 5.74) is 10.8. The number of hydrogen-bond acceptors (Lipinski definition) is 6. The van der Waals surface area contributed by atoms with Crippen LogP contribution in [0, 0.1) is 0 Å². The molecule has 1 aromatic rings. The van der Waals surface area contributed by atoms with E-state index in [9.17, 15) is 0 Å². The fourth-order valence-corrected chi connectivity index (χ4v) is 2.77. The first-order valence-corrected chi connectivity index (χ1v) is 10.1. The first kappa shape index (κ1) is 31.2. The number of nitrogens with zero attached hydrogens (tertiary/aromatic N) is 1. The van der Waals surface area contributed by atoms with E-state index in [4.69, 9.17) is 15.3 Å². The number of methoxy groups -OCH3 is 2. The van der Waals surface area contributed by atoms with Crippen LogP contribution in [-0.4, -0.2) is 64.6 Å². The second kappa shape index (κ2) is 23.5. The summed E-state index contributed by atoms with van der Waals surface area (Å²) in [6.07, 6.45) is 6.56. The Morgan fingerprint density at radius 1 is 1.25 bits per heavy atom. The van der Waals surface area contributed by atoms with Gasteiger partial charge in [-0.3, -0.25) is 4.79 Å². The second-order valence-corrected chi connectivity index (χ2v) is 6.39. The van der Waals surface area contributed by atoms with Crippen molar-refractivity contribution in [3.63, 3.8) is 0 Å². The molecule has 4 N–H and O–H groups in total. The number of ether oxygens (including phenoxy) is 2. The lowest BCUT2D eigenvalue weighted by Gasteiger charge is -2.17. The number of likely N-dealkylation sites (tertiary alicyclic amines) is 1. The topological polar surface area (TPSA) is 90.8 Å². The standard InChI is InChI=1S/C9H11NS.C7H15NO.C3H8O.CH3NO.CH4/c1-11-9(7-10)8-5-3-2-4-6-8;1-8-5-3-4-7(8)6-9-2;1-3-4-2;2-1-3;/h2-7H,10H2,1H3;7H,3-6H2,1-2H3;3H2,1-2H3;1H,(H2,2,3);1H4/b9-7-;;;;/t;7-;;;/m.0.../s1. The van der Waals surface area contributed by atoms with Crippen LogP contribution in [0.2, 0.25) is 0 Å². The molecule has 1 atom stereocenters. The molecule has 164 valence electrons. The monoisotopic (exact) mass is 415 g/mol. The molecule has 2 rings (SSSR count). The van der Waals surface area contributed by atoms with E-state index in [0.717, 1.165) is 18.1 Å². The molecular weight excluding hydrogens is 374 g/mol. The van der Waals surface area contributed by atoms with E-state index in [-0.39, 0.29) is 13.8 Å². The average molecular weight is 416 g/mol. The van der Waals surface area contributed by atoms with E-state index in [1.165, 1.54) is 24.9 Å². The van der Waals surface area contributed by atoms with E-state index in [1.807, 2.05) is 31.4 Å². The molecule has 1 heterocycles. The molecule has 0 unspecified atom stereocenters. The first-order valence-electron chi connectivity index (χ1n) is 8.90. The minimum Gasteiger partial charge on any atom is -0.404 e. The molecule has 1 aliphatic rings. The number of benzene rings is 1. The van der Waals surface area contributed by atoms with Crippen LogP contribution in [0.1, 0.15) is 32.8 Å². The van der Waals surface area contributed by atoms with Crippen molar-refractivity contribution in [3.05, 3.63) is 42.1 Å². The molecule has 7 heteroatoms. The maximum Gasteiger partial charge on any atom is 0.204 e. The third kappa shape index (κ3) is 16.6. The summed E-state index contributed by atoms with van der Waals surface area (Å²) in [6.45, 7) is 4.92. The van der Waals surface area contributed by atoms with Crippen LogP contribution in [0.25, 0.3) is 4.91 Å². The first-order chi connectivity index (χ1) is 13.1. The molecule has 1 aromatic carbocycles. The molecule has 6 nitrogen and oxygen atoms in total. The van der Waals surface area contributed by atoms with Gasteiger partial charge in [-0.1, -0.05) is 37.8 Å². The number of primary amides is 1. The van der Waals surface area contributed by atoms with Crippen molar-refractivity contribution in [2.24, 2.45) is 11.5 Å². The lowest BCUT2D eigenvalue weighted by atomic mass is 10.2. The van der Waals surface area contributed by atoms with Crippen LogP contribution in [-0.2, 0) is 14.3 Å². The summed E-state index contributed by atoms with van der Waals surface area (Å²) in [5.74, 6) is 0. The quantitative estimate of drug-likeness (QED) is 0.716. The summed E-state index contributed by atoms with van der Waals surface area (Å²) >= 11 is 1.66. The fourth-order valence-electron chi connectivity index (χ4n) is 2.27. The van der Waals surface area contributed by atoms with Gasteiger partial charge in [0, 0.05) is 38.0 Å². The zero-order valence-electron chi connectivity index (χ0n) is 17.4. The maximum absolute atomic E-state index is 8.58. The van der Waals surface area contributed by atoms with Gasteiger partial charge >= 0.3 is 0 Å². The Hall–Kier alpha value is -1.54. The van der Waals surface area contributed by atoms with Crippen molar-refractivity contribution < 1.29 is 14.3 Å². The van der Waals surface area contributed by atoms with Crippen LogP contribution in [0.15, 0.2) is 36.5 Å². The van der Waals surface area contributed by atoms with Crippen molar-refractivity contribution in [1.82, 2.24) is 4.90 Å². The van der Waals surface area contributed by atoms with E-state index in [2.05, 4.69) is 34.6 Å². The molecule has 0 saturated carbocycles. The number of hydrogen-bond donors (Lipinski definition) is 2. The predicted molar refractivity (Wildman–Crippen MR) is 124 cm³/mol. The smallest absolute Gasteiger partial charge is 0.204 e. The van der Waals surface area contributed by atoms with E-state index >= 15 is 0 Å². The van der Waals surface area contributed by atoms with Gasteiger partial charge in [0.25, 0.3) is 0 Å². The van der Waals surface area contributed by atoms with Crippen LogP contribution in [0.5, 0.6) is 0 Å². The maximum atomic E-state index is 8.58. The Morgan fingerprint density at radius 2 is 1.79 bits per heavy atom. The Labute approximate surface area is 176 Å². The van der Waals surface area contributed by atoms with Crippen LogP contribution < -0.4 is 11.5 Å². The highest BCUT2D eigenvalue weighted by Crippen LogP contribution is 2.22. The number of likely N-dealkylation sites (N-methyl/N-ethyl adjacent to an activating group) is 1. The van der Waals surface area contributed by atoms with Gasteiger partial charge in [-0.25, -0.2) is 0 Å². The lowest BCUT2D eigenvalue weighted by Crippen LogP contribution is -2.28. The number of rotatable bonds is 5. The van der Waals surface area contributed by atoms with Gasteiger partial charge in [0.1, 0.15) is 0 Å². The highest BCUT2D eigenvalue weighted by atomic mass is 32.2. The van der Waals surface area contributed by atoms with Crippen LogP contribution >= 0.6 is 11.8 Å². The second-order valence-electron chi connectivity index (χ2n) is 5.55. The van der Waals surface area contributed by atoms with Crippen molar-refractivity contribution >= 4 is 23.1 Å². The molecule has 1 fully saturated rings. The number of thioether (sulfide) groups is 1. The predicted octanol–water partition coefficient (Wildman–Crippen LogP) is 3.42. The molecule has 0 aliphatic carbocycles. The molecule has 1 saturated heterocycles. The van der Waals surface area contributed by atoms with Gasteiger partial charge in [-0.05, 0) is 45.2 Å². The summed E-state index contributed by atoms with van der Waals surface area (Å²) < 4.78 is 9.60.